The zero-order valence-corrected chi connectivity index (χ0v) is 11.6. The number of carbonyl (C=O) groups is 1. The molecule has 0 bridgehead atoms. The lowest BCUT2D eigenvalue weighted by Gasteiger charge is -2.21. The third kappa shape index (κ3) is 6.91. The molecule has 1 rings (SSSR count). The first-order valence-electron chi connectivity index (χ1n) is 6.29. The van der Waals surface area contributed by atoms with Gasteiger partial charge in [0.1, 0.15) is 0 Å². The maximum Gasteiger partial charge on any atom is 0.234 e. The SMILES string of the molecule is COCC(C)NC(=O)CNCC1CCSCC1. The summed E-state index contributed by atoms with van der Waals surface area (Å²) >= 11 is 2.03. The lowest BCUT2D eigenvalue weighted by Crippen LogP contribution is -2.42. The lowest BCUT2D eigenvalue weighted by molar-refractivity contribution is -0.121. The summed E-state index contributed by atoms with van der Waals surface area (Å²) < 4.78 is 4.97. The van der Waals surface area contributed by atoms with Gasteiger partial charge in [0.25, 0.3) is 0 Å². The van der Waals surface area contributed by atoms with Crippen LogP contribution < -0.4 is 10.6 Å². The van der Waals surface area contributed by atoms with E-state index in [9.17, 15) is 4.79 Å². The van der Waals surface area contributed by atoms with Gasteiger partial charge in [0, 0.05) is 13.2 Å². The van der Waals surface area contributed by atoms with Gasteiger partial charge in [0.05, 0.1) is 13.2 Å². The van der Waals surface area contributed by atoms with Crippen LogP contribution in [0.4, 0.5) is 0 Å². The van der Waals surface area contributed by atoms with Crippen molar-refractivity contribution < 1.29 is 9.53 Å². The molecule has 1 saturated heterocycles. The van der Waals surface area contributed by atoms with Crippen LogP contribution in [0, 0.1) is 5.92 Å². The number of hydrogen-bond donors (Lipinski definition) is 2. The molecule has 1 aliphatic heterocycles. The number of hydrogen-bond acceptors (Lipinski definition) is 4. The van der Waals surface area contributed by atoms with Gasteiger partial charge in [-0.3, -0.25) is 4.79 Å². The van der Waals surface area contributed by atoms with E-state index >= 15 is 0 Å². The van der Waals surface area contributed by atoms with Crippen molar-refractivity contribution in [3.8, 4) is 0 Å². The van der Waals surface area contributed by atoms with Gasteiger partial charge in [-0.2, -0.15) is 11.8 Å². The van der Waals surface area contributed by atoms with Crippen molar-refractivity contribution in [3.05, 3.63) is 0 Å². The molecular weight excluding hydrogens is 236 g/mol. The summed E-state index contributed by atoms with van der Waals surface area (Å²) in [6.45, 7) is 3.88. The minimum Gasteiger partial charge on any atom is -0.383 e. The van der Waals surface area contributed by atoms with Crippen molar-refractivity contribution in [1.29, 1.82) is 0 Å². The standard InChI is InChI=1S/C12H24N2O2S/c1-10(9-16-2)14-12(15)8-13-7-11-3-5-17-6-4-11/h10-11,13H,3-9H2,1-2H3,(H,14,15). The van der Waals surface area contributed by atoms with Crippen LogP contribution >= 0.6 is 11.8 Å². The van der Waals surface area contributed by atoms with E-state index in [1.165, 1.54) is 24.3 Å². The van der Waals surface area contributed by atoms with Crippen LogP contribution in [0.5, 0.6) is 0 Å². The summed E-state index contributed by atoms with van der Waals surface area (Å²) in [5, 5.41) is 6.13. The molecule has 1 aliphatic rings. The second kappa shape index (κ2) is 8.78. The molecule has 1 amide bonds. The first-order valence-corrected chi connectivity index (χ1v) is 7.44. The largest absolute Gasteiger partial charge is 0.383 e. The molecule has 0 saturated carbocycles. The van der Waals surface area contributed by atoms with Crippen molar-refractivity contribution in [1.82, 2.24) is 10.6 Å². The summed E-state index contributed by atoms with van der Waals surface area (Å²) in [4.78, 5) is 11.5. The van der Waals surface area contributed by atoms with Gasteiger partial charge in [-0.25, -0.2) is 0 Å². The number of methoxy groups -OCH3 is 1. The van der Waals surface area contributed by atoms with Crippen molar-refractivity contribution in [3.63, 3.8) is 0 Å². The van der Waals surface area contributed by atoms with Crippen LogP contribution in [0.15, 0.2) is 0 Å². The van der Waals surface area contributed by atoms with Crippen LogP contribution in [-0.2, 0) is 9.53 Å². The molecule has 5 heteroatoms. The molecule has 1 atom stereocenters. The van der Waals surface area contributed by atoms with E-state index in [0.717, 1.165) is 12.5 Å². The van der Waals surface area contributed by atoms with Crippen LogP contribution in [0.25, 0.3) is 0 Å². The Balaban J connectivity index is 2.03. The quantitative estimate of drug-likeness (QED) is 0.713. The van der Waals surface area contributed by atoms with Gasteiger partial charge in [-0.05, 0) is 43.7 Å². The van der Waals surface area contributed by atoms with Crippen molar-refractivity contribution >= 4 is 17.7 Å². The van der Waals surface area contributed by atoms with Crippen LogP contribution in [0.2, 0.25) is 0 Å². The van der Waals surface area contributed by atoms with Gasteiger partial charge < -0.3 is 15.4 Å². The molecule has 1 fully saturated rings. The average molecular weight is 260 g/mol. The highest BCUT2D eigenvalue weighted by Crippen LogP contribution is 2.21. The van der Waals surface area contributed by atoms with Crippen LogP contribution in [0.3, 0.4) is 0 Å². The number of ether oxygens (including phenoxy) is 1. The molecule has 1 unspecified atom stereocenters. The van der Waals surface area contributed by atoms with E-state index in [2.05, 4.69) is 10.6 Å². The maximum atomic E-state index is 11.5. The predicted molar refractivity (Wildman–Crippen MR) is 72.4 cm³/mol. The summed E-state index contributed by atoms with van der Waals surface area (Å²) in [5.74, 6) is 3.34. The molecule has 0 aromatic carbocycles. The number of rotatable bonds is 7. The third-order valence-corrected chi connectivity index (χ3v) is 3.93. The Bertz CT molecular complexity index is 221. The predicted octanol–water partition coefficient (Wildman–Crippen LogP) is 0.870. The minimum atomic E-state index is 0.0553. The molecular formula is C12H24N2O2S. The highest BCUT2D eigenvalue weighted by Gasteiger charge is 2.13. The van der Waals surface area contributed by atoms with Crippen molar-refractivity contribution in [2.24, 2.45) is 5.92 Å². The lowest BCUT2D eigenvalue weighted by atomic mass is 10.0. The summed E-state index contributed by atoms with van der Waals surface area (Å²) in [6.07, 6.45) is 2.55. The van der Waals surface area contributed by atoms with E-state index in [4.69, 9.17) is 4.74 Å². The van der Waals surface area contributed by atoms with Crippen LogP contribution in [-0.4, -0.2) is 50.3 Å². The molecule has 0 spiro atoms. The molecule has 1 heterocycles. The molecule has 0 aliphatic carbocycles. The van der Waals surface area contributed by atoms with E-state index < -0.39 is 0 Å². The van der Waals surface area contributed by atoms with E-state index in [1.807, 2.05) is 18.7 Å². The van der Waals surface area contributed by atoms with Gasteiger partial charge >= 0.3 is 0 Å². The van der Waals surface area contributed by atoms with E-state index in [1.54, 1.807) is 7.11 Å². The summed E-state index contributed by atoms with van der Waals surface area (Å²) in [5.41, 5.74) is 0. The second-order valence-corrected chi connectivity index (χ2v) is 5.84. The average Bonchev–Trinajstić information content (AvgIpc) is 2.30. The van der Waals surface area contributed by atoms with Gasteiger partial charge in [0.2, 0.25) is 5.91 Å². The highest BCUT2D eigenvalue weighted by atomic mass is 32.2. The third-order valence-electron chi connectivity index (χ3n) is 2.88. The molecule has 17 heavy (non-hydrogen) atoms. The molecule has 2 N–H and O–H groups in total. The Morgan fingerprint density at radius 3 is 2.82 bits per heavy atom. The maximum absolute atomic E-state index is 11.5. The topological polar surface area (TPSA) is 50.4 Å². The monoisotopic (exact) mass is 260 g/mol. The number of nitrogens with one attached hydrogen (secondary N) is 2. The Labute approximate surface area is 108 Å². The first kappa shape index (κ1) is 14.8. The molecule has 0 radical (unpaired) electrons. The zero-order valence-electron chi connectivity index (χ0n) is 10.8. The fraction of sp³-hybridized carbons (Fsp3) is 0.917. The smallest absolute Gasteiger partial charge is 0.234 e. The van der Waals surface area contributed by atoms with Gasteiger partial charge in [0.15, 0.2) is 0 Å². The number of thioether (sulfide) groups is 1. The van der Waals surface area contributed by atoms with E-state index in [-0.39, 0.29) is 11.9 Å². The molecule has 0 aromatic heterocycles. The molecule has 4 nitrogen and oxygen atoms in total. The first-order chi connectivity index (χ1) is 8.22. The van der Waals surface area contributed by atoms with Gasteiger partial charge in [-0.15, -0.1) is 0 Å². The molecule has 0 aromatic rings. The van der Waals surface area contributed by atoms with Crippen LogP contribution in [0.1, 0.15) is 19.8 Å². The summed E-state index contributed by atoms with van der Waals surface area (Å²) in [7, 11) is 1.64. The Hall–Kier alpha value is -0.260. The minimum absolute atomic E-state index is 0.0553. The molecule has 100 valence electrons. The second-order valence-electron chi connectivity index (χ2n) is 4.61. The highest BCUT2D eigenvalue weighted by molar-refractivity contribution is 7.99. The van der Waals surface area contributed by atoms with Crippen molar-refractivity contribution in [2.75, 3.05) is 38.3 Å². The fourth-order valence-corrected chi connectivity index (χ4v) is 3.16. The summed E-state index contributed by atoms with van der Waals surface area (Å²) in [6, 6.07) is 0.0837. The number of carbonyl (C=O) groups excluding carboxylic acids is 1. The fourth-order valence-electron chi connectivity index (χ4n) is 1.96. The normalized spacial score (nSPS) is 18.9. The van der Waals surface area contributed by atoms with Crippen molar-refractivity contribution in [2.45, 2.75) is 25.8 Å². The Morgan fingerprint density at radius 2 is 2.18 bits per heavy atom. The Morgan fingerprint density at radius 1 is 1.47 bits per heavy atom. The number of amides is 1. The zero-order chi connectivity index (χ0) is 12.5. The van der Waals surface area contributed by atoms with E-state index in [0.29, 0.717) is 13.2 Å². The van der Waals surface area contributed by atoms with Gasteiger partial charge in [-0.1, -0.05) is 0 Å². The Kier molecular flexibility index (Phi) is 7.64.